The van der Waals surface area contributed by atoms with Crippen molar-refractivity contribution in [3.05, 3.63) is 34.4 Å². The minimum atomic E-state index is -0.364. The molecule has 0 heterocycles. The number of nitro groups is 1. The number of nitro benzene ring substituents is 1. The molecule has 1 aliphatic carbocycles. The summed E-state index contributed by atoms with van der Waals surface area (Å²) in [5, 5.41) is 14.0. The van der Waals surface area contributed by atoms with Crippen molar-refractivity contribution in [2.24, 2.45) is 17.3 Å². The second-order valence-corrected chi connectivity index (χ2v) is 7.27. The molecule has 0 aliphatic heterocycles. The number of hydrogen-bond donors (Lipinski definition) is 1. The monoisotopic (exact) mass is 290 g/mol. The zero-order valence-electron chi connectivity index (χ0n) is 13.3. The molecule has 0 radical (unpaired) electrons. The highest BCUT2D eigenvalue weighted by Gasteiger charge is 2.29. The fraction of sp³-hybridized carbons (Fsp3) is 0.647. The summed E-state index contributed by atoms with van der Waals surface area (Å²) in [7, 11) is 0. The van der Waals surface area contributed by atoms with Crippen LogP contribution in [0.5, 0.6) is 0 Å². The van der Waals surface area contributed by atoms with Crippen LogP contribution in [0.15, 0.2) is 24.3 Å². The smallest absolute Gasteiger partial charge is 0.269 e. The molecule has 1 saturated carbocycles. The Hall–Kier alpha value is -1.58. The number of nitrogens with one attached hydrogen (secondary N) is 1. The van der Waals surface area contributed by atoms with E-state index >= 15 is 0 Å². The molecule has 0 saturated heterocycles. The third kappa shape index (κ3) is 4.45. The van der Waals surface area contributed by atoms with Crippen LogP contribution >= 0.6 is 0 Å². The predicted molar refractivity (Wildman–Crippen MR) is 86.5 cm³/mol. The lowest BCUT2D eigenvalue weighted by molar-refractivity contribution is -0.384. The molecule has 0 spiro atoms. The summed E-state index contributed by atoms with van der Waals surface area (Å²) in [6.45, 7) is 7.99. The third-order valence-corrected chi connectivity index (χ3v) is 4.74. The Morgan fingerprint density at radius 3 is 2.19 bits per heavy atom. The lowest BCUT2D eigenvalue weighted by Crippen LogP contribution is -2.28. The summed E-state index contributed by atoms with van der Waals surface area (Å²) in [6.07, 6.45) is 5.19. The maximum absolute atomic E-state index is 10.6. The van der Waals surface area contributed by atoms with Crippen LogP contribution in [0.4, 0.5) is 11.4 Å². The minimum Gasteiger partial charge on any atom is -0.385 e. The van der Waals surface area contributed by atoms with Crippen molar-refractivity contribution in [3.8, 4) is 0 Å². The van der Waals surface area contributed by atoms with Crippen molar-refractivity contribution in [1.82, 2.24) is 0 Å². The van der Waals surface area contributed by atoms with Crippen LogP contribution in [-0.2, 0) is 0 Å². The van der Waals surface area contributed by atoms with Gasteiger partial charge in [0, 0.05) is 24.4 Å². The molecule has 0 bridgehead atoms. The van der Waals surface area contributed by atoms with Crippen molar-refractivity contribution in [1.29, 1.82) is 0 Å². The van der Waals surface area contributed by atoms with E-state index in [1.54, 1.807) is 24.3 Å². The molecule has 21 heavy (non-hydrogen) atoms. The van der Waals surface area contributed by atoms with Gasteiger partial charge in [0.05, 0.1) is 4.92 Å². The molecule has 1 aromatic carbocycles. The summed E-state index contributed by atoms with van der Waals surface area (Å²) in [5.41, 5.74) is 1.54. The summed E-state index contributed by atoms with van der Waals surface area (Å²) >= 11 is 0. The number of anilines is 1. The number of benzene rings is 1. The van der Waals surface area contributed by atoms with E-state index in [1.807, 2.05) is 0 Å². The molecule has 4 nitrogen and oxygen atoms in total. The minimum absolute atomic E-state index is 0.145. The van der Waals surface area contributed by atoms with Crippen molar-refractivity contribution < 1.29 is 4.92 Å². The van der Waals surface area contributed by atoms with E-state index in [4.69, 9.17) is 0 Å². The van der Waals surface area contributed by atoms with E-state index < -0.39 is 0 Å². The van der Waals surface area contributed by atoms with E-state index in [0.29, 0.717) is 5.41 Å². The second-order valence-electron chi connectivity index (χ2n) is 7.27. The van der Waals surface area contributed by atoms with Crippen LogP contribution in [0, 0.1) is 27.4 Å². The fourth-order valence-electron chi connectivity index (χ4n) is 3.20. The van der Waals surface area contributed by atoms with Gasteiger partial charge in [0.2, 0.25) is 0 Å². The van der Waals surface area contributed by atoms with E-state index in [9.17, 15) is 10.1 Å². The largest absolute Gasteiger partial charge is 0.385 e. The molecule has 1 aromatic rings. The van der Waals surface area contributed by atoms with Crippen molar-refractivity contribution in [2.45, 2.75) is 46.5 Å². The Bertz CT molecular complexity index is 469. The SMILES string of the molecule is CC(C)(C)C1CCC(CNc2ccc([N+](=O)[O-])cc2)CC1. The first-order valence-corrected chi connectivity index (χ1v) is 7.84. The first kappa shape index (κ1) is 15.8. The molecular weight excluding hydrogens is 264 g/mol. The molecule has 4 heteroatoms. The highest BCUT2D eigenvalue weighted by atomic mass is 16.6. The van der Waals surface area contributed by atoms with Crippen LogP contribution in [0.2, 0.25) is 0 Å². The Labute approximate surface area is 127 Å². The molecular formula is C17H26N2O2. The van der Waals surface area contributed by atoms with Gasteiger partial charge in [-0.05, 0) is 55.1 Å². The molecule has 1 fully saturated rings. The molecule has 0 atom stereocenters. The zero-order valence-corrected chi connectivity index (χ0v) is 13.3. The van der Waals surface area contributed by atoms with Crippen molar-refractivity contribution in [2.75, 3.05) is 11.9 Å². The number of non-ortho nitro benzene ring substituents is 1. The molecule has 0 amide bonds. The standard InChI is InChI=1S/C17H26N2O2/c1-17(2,3)14-6-4-13(5-7-14)12-18-15-8-10-16(11-9-15)19(20)21/h8-11,13-14,18H,4-7,12H2,1-3H3. The zero-order chi connectivity index (χ0) is 15.5. The summed E-state index contributed by atoms with van der Waals surface area (Å²) in [6, 6.07) is 6.69. The summed E-state index contributed by atoms with van der Waals surface area (Å²) < 4.78 is 0. The normalized spacial score (nSPS) is 22.8. The fourth-order valence-corrected chi connectivity index (χ4v) is 3.20. The van der Waals surface area contributed by atoms with Gasteiger partial charge in [0.25, 0.3) is 5.69 Å². The van der Waals surface area contributed by atoms with Gasteiger partial charge in [-0.15, -0.1) is 0 Å². The Morgan fingerprint density at radius 2 is 1.71 bits per heavy atom. The van der Waals surface area contributed by atoms with E-state index in [0.717, 1.165) is 24.1 Å². The van der Waals surface area contributed by atoms with Crippen LogP contribution in [-0.4, -0.2) is 11.5 Å². The third-order valence-electron chi connectivity index (χ3n) is 4.74. The lowest BCUT2D eigenvalue weighted by atomic mass is 9.70. The van der Waals surface area contributed by atoms with Gasteiger partial charge in [-0.3, -0.25) is 10.1 Å². The molecule has 1 aliphatic rings. The predicted octanol–water partition coefficient (Wildman–Crippen LogP) is 4.86. The molecule has 0 aromatic heterocycles. The molecule has 1 N–H and O–H groups in total. The maximum atomic E-state index is 10.6. The molecule has 116 valence electrons. The van der Waals surface area contributed by atoms with Crippen LogP contribution in [0.3, 0.4) is 0 Å². The highest BCUT2D eigenvalue weighted by molar-refractivity contribution is 5.48. The summed E-state index contributed by atoms with van der Waals surface area (Å²) in [4.78, 5) is 10.3. The first-order valence-electron chi connectivity index (χ1n) is 7.84. The maximum Gasteiger partial charge on any atom is 0.269 e. The Kier molecular flexibility index (Phi) is 4.86. The van der Waals surface area contributed by atoms with E-state index in [-0.39, 0.29) is 10.6 Å². The number of hydrogen-bond acceptors (Lipinski definition) is 3. The van der Waals surface area contributed by atoms with Gasteiger partial charge in [-0.1, -0.05) is 20.8 Å². The average molecular weight is 290 g/mol. The van der Waals surface area contributed by atoms with Gasteiger partial charge < -0.3 is 5.32 Å². The van der Waals surface area contributed by atoms with Gasteiger partial charge in [-0.25, -0.2) is 0 Å². The average Bonchev–Trinajstić information content (AvgIpc) is 2.45. The van der Waals surface area contributed by atoms with Crippen LogP contribution in [0.1, 0.15) is 46.5 Å². The van der Waals surface area contributed by atoms with Crippen LogP contribution in [0.25, 0.3) is 0 Å². The quantitative estimate of drug-likeness (QED) is 0.636. The van der Waals surface area contributed by atoms with E-state index in [1.165, 1.54) is 25.7 Å². The van der Waals surface area contributed by atoms with Gasteiger partial charge in [0.1, 0.15) is 0 Å². The van der Waals surface area contributed by atoms with E-state index in [2.05, 4.69) is 26.1 Å². The van der Waals surface area contributed by atoms with Crippen molar-refractivity contribution in [3.63, 3.8) is 0 Å². The van der Waals surface area contributed by atoms with Crippen LogP contribution < -0.4 is 5.32 Å². The Balaban J connectivity index is 1.78. The second kappa shape index (κ2) is 6.46. The number of rotatable bonds is 4. The summed E-state index contributed by atoms with van der Waals surface area (Å²) in [5.74, 6) is 1.56. The number of nitrogens with zero attached hydrogens (tertiary/aromatic N) is 1. The van der Waals surface area contributed by atoms with Gasteiger partial charge in [-0.2, -0.15) is 0 Å². The topological polar surface area (TPSA) is 55.2 Å². The first-order chi connectivity index (χ1) is 9.86. The molecule has 2 rings (SSSR count). The highest BCUT2D eigenvalue weighted by Crippen LogP contribution is 2.39. The molecule has 0 unspecified atom stereocenters. The lowest BCUT2D eigenvalue weighted by Gasteiger charge is -2.37. The van der Waals surface area contributed by atoms with Crippen molar-refractivity contribution >= 4 is 11.4 Å². The van der Waals surface area contributed by atoms with Gasteiger partial charge in [0.15, 0.2) is 0 Å². The van der Waals surface area contributed by atoms with Gasteiger partial charge >= 0.3 is 0 Å². The Morgan fingerprint density at radius 1 is 1.14 bits per heavy atom.